The van der Waals surface area contributed by atoms with Crippen molar-refractivity contribution in [2.24, 2.45) is 0 Å². The van der Waals surface area contributed by atoms with Gasteiger partial charge in [-0.05, 0) is 35.9 Å². The van der Waals surface area contributed by atoms with Crippen LogP contribution in [0.4, 0.5) is 5.69 Å². The van der Waals surface area contributed by atoms with Crippen molar-refractivity contribution in [1.29, 1.82) is 0 Å². The Hall–Kier alpha value is -0.840. The van der Waals surface area contributed by atoms with Crippen molar-refractivity contribution in [3.8, 4) is 0 Å². The number of aliphatic hydroxyl groups is 1. The Morgan fingerprint density at radius 2 is 1.79 bits per heavy atom. The molecule has 2 aromatic carbocycles. The van der Waals surface area contributed by atoms with Gasteiger partial charge in [-0.15, -0.1) is 0 Å². The van der Waals surface area contributed by atoms with Gasteiger partial charge >= 0.3 is 0 Å². The smallest absolute Gasteiger partial charge is 0.0702 e. The van der Waals surface area contributed by atoms with Gasteiger partial charge in [0.15, 0.2) is 0 Å². The van der Waals surface area contributed by atoms with Gasteiger partial charge in [-0.2, -0.15) is 0 Å². The lowest BCUT2D eigenvalue weighted by molar-refractivity contribution is 0.282. The maximum absolute atomic E-state index is 9.45. The van der Waals surface area contributed by atoms with Crippen molar-refractivity contribution in [3.63, 3.8) is 0 Å². The molecule has 0 saturated carbocycles. The Bertz CT molecular complexity index is 572. The predicted molar refractivity (Wildman–Crippen MR) is 86.3 cm³/mol. The SMILES string of the molecule is CN(Cc1cccc(Br)c1)c1ccc(Br)cc1CO. The first-order chi connectivity index (χ1) is 9.10. The van der Waals surface area contributed by atoms with E-state index in [4.69, 9.17) is 0 Å². The first-order valence-electron chi connectivity index (χ1n) is 5.95. The fourth-order valence-corrected chi connectivity index (χ4v) is 2.90. The van der Waals surface area contributed by atoms with Gasteiger partial charge in [0, 0.05) is 33.8 Å². The second kappa shape index (κ2) is 6.55. The van der Waals surface area contributed by atoms with Gasteiger partial charge in [-0.3, -0.25) is 0 Å². The van der Waals surface area contributed by atoms with E-state index >= 15 is 0 Å². The summed E-state index contributed by atoms with van der Waals surface area (Å²) in [6.45, 7) is 0.839. The maximum atomic E-state index is 9.45. The summed E-state index contributed by atoms with van der Waals surface area (Å²) < 4.78 is 2.06. The summed E-state index contributed by atoms with van der Waals surface area (Å²) in [4.78, 5) is 2.14. The minimum absolute atomic E-state index is 0.0393. The summed E-state index contributed by atoms with van der Waals surface area (Å²) in [5.74, 6) is 0. The number of nitrogens with zero attached hydrogens (tertiary/aromatic N) is 1. The van der Waals surface area contributed by atoms with Crippen LogP contribution in [0, 0.1) is 0 Å². The highest BCUT2D eigenvalue weighted by atomic mass is 79.9. The third kappa shape index (κ3) is 3.81. The molecule has 0 unspecified atom stereocenters. The zero-order valence-corrected chi connectivity index (χ0v) is 13.8. The van der Waals surface area contributed by atoms with Crippen LogP contribution in [0.25, 0.3) is 0 Å². The molecule has 4 heteroatoms. The molecule has 19 heavy (non-hydrogen) atoms. The summed E-state index contributed by atoms with van der Waals surface area (Å²) in [7, 11) is 2.03. The third-order valence-electron chi connectivity index (χ3n) is 2.93. The van der Waals surface area contributed by atoms with Crippen molar-refractivity contribution < 1.29 is 5.11 Å². The molecule has 0 spiro atoms. The Labute approximate surface area is 130 Å². The lowest BCUT2D eigenvalue weighted by Gasteiger charge is -2.22. The first kappa shape index (κ1) is 14.6. The number of hydrogen-bond donors (Lipinski definition) is 1. The van der Waals surface area contributed by atoms with Gasteiger partial charge in [0.1, 0.15) is 0 Å². The van der Waals surface area contributed by atoms with E-state index in [1.807, 2.05) is 37.4 Å². The van der Waals surface area contributed by atoms with Gasteiger partial charge in [0.2, 0.25) is 0 Å². The summed E-state index contributed by atoms with van der Waals surface area (Å²) in [6.07, 6.45) is 0. The molecule has 0 aliphatic heterocycles. The van der Waals surface area contributed by atoms with Crippen LogP contribution in [0.3, 0.4) is 0 Å². The minimum atomic E-state index is 0.0393. The molecule has 0 aromatic heterocycles. The zero-order chi connectivity index (χ0) is 13.8. The first-order valence-corrected chi connectivity index (χ1v) is 7.53. The summed E-state index contributed by atoms with van der Waals surface area (Å²) in [5, 5.41) is 9.45. The molecular formula is C15H15Br2NO. The molecule has 100 valence electrons. The standard InChI is InChI=1S/C15H15Br2NO/c1-18(9-11-3-2-4-13(16)7-11)15-6-5-14(17)8-12(15)10-19/h2-8,19H,9-10H2,1H3. The normalized spacial score (nSPS) is 10.5. The molecule has 0 fully saturated rings. The molecule has 2 rings (SSSR count). The van der Waals surface area contributed by atoms with Gasteiger partial charge in [0.05, 0.1) is 6.61 Å². The topological polar surface area (TPSA) is 23.5 Å². The van der Waals surface area contributed by atoms with E-state index in [9.17, 15) is 5.11 Å². The third-order valence-corrected chi connectivity index (χ3v) is 3.92. The summed E-state index contributed by atoms with van der Waals surface area (Å²) >= 11 is 6.91. The second-order valence-corrected chi connectivity index (χ2v) is 6.25. The molecule has 0 aliphatic rings. The molecule has 0 radical (unpaired) electrons. The van der Waals surface area contributed by atoms with Crippen LogP contribution in [0.2, 0.25) is 0 Å². The van der Waals surface area contributed by atoms with E-state index in [0.717, 1.165) is 26.7 Å². The van der Waals surface area contributed by atoms with Crippen molar-refractivity contribution >= 4 is 37.5 Å². The predicted octanol–water partition coefficient (Wildman–Crippen LogP) is 4.34. The Morgan fingerprint density at radius 1 is 1.05 bits per heavy atom. The molecule has 1 N–H and O–H groups in total. The van der Waals surface area contributed by atoms with Crippen LogP contribution in [0.1, 0.15) is 11.1 Å². The number of rotatable bonds is 4. The number of benzene rings is 2. The van der Waals surface area contributed by atoms with Crippen LogP contribution >= 0.6 is 31.9 Å². The van der Waals surface area contributed by atoms with Crippen molar-refractivity contribution in [2.75, 3.05) is 11.9 Å². The van der Waals surface area contributed by atoms with Gasteiger partial charge in [-0.1, -0.05) is 44.0 Å². The highest BCUT2D eigenvalue weighted by molar-refractivity contribution is 9.10. The van der Waals surface area contributed by atoms with Crippen LogP contribution in [0.5, 0.6) is 0 Å². The molecule has 2 nitrogen and oxygen atoms in total. The number of halogens is 2. The number of anilines is 1. The fourth-order valence-electron chi connectivity index (χ4n) is 2.05. The molecule has 0 heterocycles. The van der Waals surface area contributed by atoms with E-state index in [-0.39, 0.29) is 6.61 Å². The largest absolute Gasteiger partial charge is 0.392 e. The molecule has 2 aromatic rings. The molecular weight excluding hydrogens is 370 g/mol. The van der Waals surface area contributed by atoms with Gasteiger partial charge in [-0.25, -0.2) is 0 Å². The van der Waals surface area contributed by atoms with E-state index < -0.39 is 0 Å². The zero-order valence-electron chi connectivity index (χ0n) is 10.6. The lowest BCUT2D eigenvalue weighted by Crippen LogP contribution is -2.18. The minimum Gasteiger partial charge on any atom is -0.392 e. The Balaban J connectivity index is 2.22. The molecule has 0 atom stereocenters. The van der Waals surface area contributed by atoms with E-state index in [1.165, 1.54) is 5.56 Å². The maximum Gasteiger partial charge on any atom is 0.0702 e. The average Bonchev–Trinajstić information content (AvgIpc) is 2.38. The quantitative estimate of drug-likeness (QED) is 0.847. The fraction of sp³-hybridized carbons (Fsp3) is 0.200. The van der Waals surface area contributed by atoms with E-state index in [2.05, 4.69) is 48.9 Å². The lowest BCUT2D eigenvalue weighted by atomic mass is 10.1. The van der Waals surface area contributed by atoms with Crippen molar-refractivity contribution in [3.05, 3.63) is 62.5 Å². The van der Waals surface area contributed by atoms with Gasteiger partial charge in [0.25, 0.3) is 0 Å². The second-order valence-electron chi connectivity index (χ2n) is 4.42. The molecule has 0 amide bonds. The van der Waals surface area contributed by atoms with Crippen LogP contribution in [-0.2, 0) is 13.2 Å². The number of hydrogen-bond acceptors (Lipinski definition) is 2. The average molecular weight is 385 g/mol. The van der Waals surface area contributed by atoms with Crippen molar-refractivity contribution in [2.45, 2.75) is 13.2 Å². The van der Waals surface area contributed by atoms with Gasteiger partial charge < -0.3 is 10.0 Å². The van der Waals surface area contributed by atoms with E-state index in [1.54, 1.807) is 0 Å². The summed E-state index contributed by atoms with van der Waals surface area (Å²) in [6, 6.07) is 14.2. The monoisotopic (exact) mass is 383 g/mol. The highest BCUT2D eigenvalue weighted by Crippen LogP contribution is 2.25. The molecule has 0 bridgehead atoms. The van der Waals surface area contributed by atoms with Crippen LogP contribution < -0.4 is 4.90 Å². The van der Waals surface area contributed by atoms with E-state index in [0.29, 0.717) is 0 Å². The van der Waals surface area contributed by atoms with Crippen molar-refractivity contribution in [1.82, 2.24) is 0 Å². The van der Waals surface area contributed by atoms with Crippen LogP contribution in [-0.4, -0.2) is 12.2 Å². The van der Waals surface area contributed by atoms with Crippen LogP contribution in [0.15, 0.2) is 51.4 Å². The molecule has 0 aliphatic carbocycles. The Morgan fingerprint density at radius 3 is 2.47 bits per heavy atom. The summed E-state index contributed by atoms with van der Waals surface area (Å²) in [5.41, 5.74) is 3.20. The molecule has 0 saturated heterocycles. The Kier molecular flexibility index (Phi) is 5.02. The number of aliphatic hydroxyl groups excluding tert-OH is 1. The highest BCUT2D eigenvalue weighted by Gasteiger charge is 2.08.